The van der Waals surface area contributed by atoms with E-state index in [9.17, 15) is 18.0 Å². The summed E-state index contributed by atoms with van der Waals surface area (Å²) in [6.07, 6.45) is -0.282. The highest BCUT2D eigenvalue weighted by Crippen LogP contribution is 2.23. The van der Waals surface area contributed by atoms with Crippen molar-refractivity contribution in [3.8, 4) is 0 Å². The number of carbonyl (C=O) groups excluding carboxylic acids is 2. The van der Waals surface area contributed by atoms with Gasteiger partial charge >= 0.3 is 5.97 Å². The summed E-state index contributed by atoms with van der Waals surface area (Å²) in [5, 5.41) is 2.44. The maximum absolute atomic E-state index is 13.0. The van der Waals surface area contributed by atoms with Gasteiger partial charge in [-0.15, -0.1) is 0 Å². The molecule has 0 fully saturated rings. The molecule has 0 heterocycles. The first kappa shape index (κ1) is 21.4. The third kappa shape index (κ3) is 5.32. The minimum Gasteiger partial charge on any atom is -0.462 e. The number of rotatable bonds is 8. The third-order valence-corrected chi connectivity index (χ3v) is 5.67. The van der Waals surface area contributed by atoms with Gasteiger partial charge in [-0.1, -0.05) is 24.3 Å². The molecule has 2 aromatic rings. The van der Waals surface area contributed by atoms with Crippen molar-refractivity contribution < 1.29 is 22.7 Å². The molecule has 0 aliphatic heterocycles. The van der Waals surface area contributed by atoms with Gasteiger partial charge in [0.05, 0.1) is 16.7 Å². The molecule has 2 rings (SSSR count). The lowest BCUT2D eigenvalue weighted by Gasteiger charge is -2.23. The van der Waals surface area contributed by atoms with Crippen molar-refractivity contribution >= 4 is 27.6 Å². The van der Waals surface area contributed by atoms with Gasteiger partial charge in [-0.2, -0.15) is 0 Å². The fourth-order valence-electron chi connectivity index (χ4n) is 2.57. The zero-order valence-electron chi connectivity index (χ0n) is 16.1. The van der Waals surface area contributed by atoms with Crippen LogP contribution in [0.25, 0.3) is 0 Å². The highest BCUT2D eigenvalue weighted by Gasteiger charge is 2.24. The van der Waals surface area contributed by atoms with Crippen molar-refractivity contribution in [3.63, 3.8) is 0 Å². The van der Waals surface area contributed by atoms with Crippen LogP contribution in [0.1, 0.15) is 31.1 Å². The van der Waals surface area contributed by atoms with E-state index in [0.29, 0.717) is 5.69 Å². The molecule has 0 bridgehead atoms. The zero-order chi connectivity index (χ0) is 20.7. The number of esters is 1. The SMILES string of the molecule is CCN(c1ccccc1)S(=O)(=O)c1cccc(C(=O)NCC(=O)OC(C)C)c1. The van der Waals surface area contributed by atoms with Gasteiger partial charge in [-0.05, 0) is 51.1 Å². The van der Waals surface area contributed by atoms with Gasteiger partial charge in [0.2, 0.25) is 0 Å². The summed E-state index contributed by atoms with van der Waals surface area (Å²) in [7, 11) is -3.85. The minimum absolute atomic E-state index is 0.00406. The van der Waals surface area contributed by atoms with Crippen LogP contribution in [-0.2, 0) is 19.6 Å². The van der Waals surface area contributed by atoms with E-state index >= 15 is 0 Å². The molecule has 7 nitrogen and oxygen atoms in total. The first-order chi connectivity index (χ1) is 13.3. The van der Waals surface area contributed by atoms with Crippen LogP contribution >= 0.6 is 0 Å². The summed E-state index contributed by atoms with van der Waals surface area (Å²) in [5.41, 5.74) is 0.679. The lowest BCUT2D eigenvalue weighted by atomic mass is 10.2. The fraction of sp³-hybridized carbons (Fsp3) is 0.300. The van der Waals surface area contributed by atoms with Crippen LogP contribution in [0.4, 0.5) is 5.69 Å². The second-order valence-corrected chi connectivity index (χ2v) is 8.12. The van der Waals surface area contributed by atoms with E-state index in [1.807, 2.05) is 0 Å². The number of anilines is 1. The number of nitrogens with zero attached hydrogens (tertiary/aromatic N) is 1. The summed E-state index contributed by atoms with van der Waals surface area (Å²) in [6.45, 7) is 5.10. The monoisotopic (exact) mass is 404 g/mol. The van der Waals surface area contributed by atoms with Crippen molar-refractivity contribution in [3.05, 3.63) is 60.2 Å². The molecular weight excluding hydrogens is 380 g/mol. The first-order valence-electron chi connectivity index (χ1n) is 8.91. The molecule has 28 heavy (non-hydrogen) atoms. The number of amides is 1. The molecule has 1 amide bonds. The van der Waals surface area contributed by atoms with Crippen LogP contribution in [0.15, 0.2) is 59.5 Å². The van der Waals surface area contributed by atoms with Crippen molar-refractivity contribution in [2.45, 2.75) is 31.8 Å². The van der Waals surface area contributed by atoms with Crippen molar-refractivity contribution in [1.82, 2.24) is 5.32 Å². The van der Waals surface area contributed by atoms with Gasteiger partial charge in [0.25, 0.3) is 15.9 Å². The van der Waals surface area contributed by atoms with E-state index in [1.54, 1.807) is 51.1 Å². The molecule has 0 saturated carbocycles. The Hall–Kier alpha value is -2.87. The molecule has 2 aromatic carbocycles. The summed E-state index contributed by atoms with van der Waals surface area (Å²) in [6, 6.07) is 14.4. The molecule has 0 unspecified atom stereocenters. The second kappa shape index (κ2) is 9.36. The second-order valence-electron chi connectivity index (χ2n) is 6.25. The van der Waals surface area contributed by atoms with E-state index in [0.717, 1.165) is 0 Å². The summed E-state index contributed by atoms with van der Waals surface area (Å²) in [4.78, 5) is 23.9. The number of para-hydroxylation sites is 1. The van der Waals surface area contributed by atoms with Crippen molar-refractivity contribution in [2.24, 2.45) is 0 Å². The summed E-state index contributed by atoms with van der Waals surface area (Å²) in [5.74, 6) is -1.12. The van der Waals surface area contributed by atoms with E-state index in [4.69, 9.17) is 4.74 Å². The molecule has 0 spiro atoms. The van der Waals surface area contributed by atoms with Gasteiger partial charge in [0.1, 0.15) is 6.54 Å². The lowest BCUT2D eigenvalue weighted by Crippen LogP contribution is -2.32. The topological polar surface area (TPSA) is 92.8 Å². The maximum atomic E-state index is 13.0. The van der Waals surface area contributed by atoms with Gasteiger partial charge in [0.15, 0.2) is 0 Å². The zero-order valence-corrected chi connectivity index (χ0v) is 16.9. The van der Waals surface area contributed by atoms with Crippen molar-refractivity contribution in [2.75, 3.05) is 17.4 Å². The number of ether oxygens (including phenoxy) is 1. The van der Waals surface area contributed by atoms with Gasteiger partial charge in [-0.3, -0.25) is 13.9 Å². The van der Waals surface area contributed by atoms with Gasteiger partial charge in [-0.25, -0.2) is 8.42 Å². The Morgan fingerprint density at radius 3 is 2.36 bits per heavy atom. The lowest BCUT2D eigenvalue weighted by molar-refractivity contribution is -0.146. The average molecular weight is 404 g/mol. The van der Waals surface area contributed by atoms with Crippen LogP contribution in [0, 0.1) is 0 Å². The van der Waals surface area contributed by atoms with Crippen LogP contribution < -0.4 is 9.62 Å². The standard InChI is InChI=1S/C20H24N2O5S/c1-4-22(17-10-6-5-7-11-17)28(25,26)18-12-8-9-16(13-18)20(24)21-14-19(23)27-15(2)3/h5-13,15H,4,14H2,1-3H3,(H,21,24). The Balaban J connectivity index is 2.21. The van der Waals surface area contributed by atoms with Gasteiger partial charge < -0.3 is 10.1 Å². The molecule has 1 N–H and O–H groups in total. The number of hydrogen-bond donors (Lipinski definition) is 1. The van der Waals surface area contributed by atoms with Crippen LogP contribution in [0.2, 0.25) is 0 Å². The molecular formula is C20H24N2O5S. The minimum atomic E-state index is -3.85. The molecule has 0 saturated heterocycles. The summed E-state index contributed by atoms with van der Waals surface area (Å²) < 4.78 is 32.3. The highest BCUT2D eigenvalue weighted by atomic mass is 32.2. The predicted molar refractivity (Wildman–Crippen MR) is 107 cm³/mol. The van der Waals surface area contributed by atoms with Crippen molar-refractivity contribution in [1.29, 1.82) is 0 Å². The number of benzene rings is 2. The highest BCUT2D eigenvalue weighted by molar-refractivity contribution is 7.92. The van der Waals surface area contributed by atoms with Crippen LogP contribution in [-0.4, -0.2) is 39.5 Å². The Kier molecular flexibility index (Phi) is 7.17. The molecule has 8 heteroatoms. The first-order valence-corrected chi connectivity index (χ1v) is 10.3. The van der Waals surface area contributed by atoms with Gasteiger partial charge in [0, 0.05) is 12.1 Å². The maximum Gasteiger partial charge on any atom is 0.325 e. The number of carbonyl (C=O) groups is 2. The largest absolute Gasteiger partial charge is 0.462 e. The van der Waals surface area contributed by atoms with E-state index in [-0.39, 0.29) is 29.7 Å². The molecule has 0 aliphatic rings. The number of hydrogen-bond acceptors (Lipinski definition) is 5. The molecule has 0 aromatic heterocycles. The van der Waals surface area contributed by atoms with E-state index < -0.39 is 21.9 Å². The Bertz CT molecular complexity index is 927. The van der Waals surface area contributed by atoms with Crippen LogP contribution in [0.3, 0.4) is 0 Å². The van der Waals surface area contributed by atoms with Crippen LogP contribution in [0.5, 0.6) is 0 Å². The number of sulfonamides is 1. The normalized spacial score (nSPS) is 11.1. The molecule has 0 radical (unpaired) electrons. The predicted octanol–water partition coefficient (Wildman–Crippen LogP) is 2.58. The molecule has 150 valence electrons. The molecule has 0 aliphatic carbocycles. The summed E-state index contributed by atoms with van der Waals surface area (Å²) >= 11 is 0. The fourth-order valence-corrected chi connectivity index (χ4v) is 4.09. The Morgan fingerprint density at radius 2 is 1.75 bits per heavy atom. The molecule has 0 atom stereocenters. The Labute approximate surface area is 165 Å². The average Bonchev–Trinajstić information content (AvgIpc) is 2.67. The van der Waals surface area contributed by atoms with E-state index in [2.05, 4.69) is 5.32 Å². The quantitative estimate of drug-likeness (QED) is 0.683. The smallest absolute Gasteiger partial charge is 0.325 e. The van der Waals surface area contributed by atoms with E-state index in [1.165, 1.54) is 28.6 Å². The third-order valence-electron chi connectivity index (χ3n) is 3.78. The number of nitrogens with one attached hydrogen (secondary N) is 1. The Morgan fingerprint density at radius 1 is 1.07 bits per heavy atom.